The maximum atomic E-state index is 6.06. The third-order valence-electron chi connectivity index (χ3n) is 3.91. The summed E-state index contributed by atoms with van der Waals surface area (Å²) < 4.78 is 0. The molecule has 2 aromatic rings. The molecule has 0 amide bonds. The van der Waals surface area contributed by atoms with E-state index in [4.69, 9.17) is 11.6 Å². The minimum Gasteiger partial charge on any atom is -0.354 e. The summed E-state index contributed by atoms with van der Waals surface area (Å²) >= 11 is 6.06. The van der Waals surface area contributed by atoms with Crippen molar-refractivity contribution in [3.05, 3.63) is 41.0 Å². The van der Waals surface area contributed by atoms with Gasteiger partial charge in [0, 0.05) is 43.1 Å². The zero-order valence-electron chi connectivity index (χ0n) is 12.9. The maximum Gasteiger partial charge on any atom is 0.229 e. The molecule has 0 aliphatic carbocycles. The summed E-state index contributed by atoms with van der Waals surface area (Å²) in [4.78, 5) is 13.6. The number of nitrogens with one attached hydrogen (secondary N) is 1. The second kappa shape index (κ2) is 6.50. The predicted molar refractivity (Wildman–Crippen MR) is 91.2 cm³/mol. The summed E-state index contributed by atoms with van der Waals surface area (Å²) in [6.45, 7) is 6.12. The lowest BCUT2D eigenvalue weighted by molar-refractivity contribution is 0.312. The molecule has 0 bridgehead atoms. The van der Waals surface area contributed by atoms with Crippen molar-refractivity contribution in [2.45, 2.75) is 6.92 Å². The van der Waals surface area contributed by atoms with E-state index in [1.165, 1.54) is 0 Å². The molecule has 2 heterocycles. The Morgan fingerprint density at radius 2 is 1.91 bits per heavy atom. The minimum atomic E-state index is 0.599. The molecule has 1 aliphatic rings. The molecule has 1 aromatic heterocycles. The number of piperazine rings is 1. The molecule has 1 saturated heterocycles. The summed E-state index contributed by atoms with van der Waals surface area (Å²) in [6.07, 6.45) is 1.79. The van der Waals surface area contributed by atoms with Crippen LogP contribution in [0.5, 0.6) is 0 Å². The van der Waals surface area contributed by atoms with Crippen molar-refractivity contribution < 1.29 is 0 Å². The van der Waals surface area contributed by atoms with Crippen molar-refractivity contribution in [3.63, 3.8) is 0 Å². The van der Waals surface area contributed by atoms with Gasteiger partial charge in [-0.2, -0.15) is 4.98 Å². The number of hydrogen-bond donors (Lipinski definition) is 1. The fourth-order valence-electron chi connectivity index (χ4n) is 2.47. The Bertz CT molecular complexity index is 653. The second-order valence-corrected chi connectivity index (χ2v) is 6.05. The van der Waals surface area contributed by atoms with Gasteiger partial charge in [-0.15, -0.1) is 0 Å². The van der Waals surface area contributed by atoms with Crippen molar-refractivity contribution >= 4 is 29.1 Å². The van der Waals surface area contributed by atoms with Crippen molar-refractivity contribution in [1.82, 2.24) is 14.9 Å². The first-order valence-corrected chi connectivity index (χ1v) is 7.79. The van der Waals surface area contributed by atoms with E-state index >= 15 is 0 Å². The first-order chi connectivity index (χ1) is 10.6. The van der Waals surface area contributed by atoms with Gasteiger partial charge in [-0.25, -0.2) is 4.98 Å². The molecule has 1 aromatic carbocycles. The van der Waals surface area contributed by atoms with Crippen LogP contribution in [-0.2, 0) is 0 Å². The largest absolute Gasteiger partial charge is 0.354 e. The Kier molecular flexibility index (Phi) is 4.45. The van der Waals surface area contributed by atoms with Gasteiger partial charge in [-0.05, 0) is 37.7 Å². The smallest absolute Gasteiger partial charge is 0.229 e. The standard InChI is InChI=1S/C16H20ClN5/c1-12-3-4-13(17)11-14(12)19-16-18-6-5-15(20-16)22-9-7-21(2)8-10-22/h3-6,11H,7-10H2,1-2H3,(H,18,19,20). The van der Waals surface area contributed by atoms with Crippen LogP contribution in [0.4, 0.5) is 17.5 Å². The van der Waals surface area contributed by atoms with Crippen LogP contribution < -0.4 is 10.2 Å². The van der Waals surface area contributed by atoms with Crippen LogP contribution in [0.1, 0.15) is 5.56 Å². The first kappa shape index (κ1) is 15.1. The second-order valence-electron chi connectivity index (χ2n) is 5.61. The predicted octanol–water partition coefficient (Wildman–Crippen LogP) is 2.93. The van der Waals surface area contributed by atoms with E-state index in [2.05, 4.69) is 32.1 Å². The molecule has 6 heteroatoms. The Morgan fingerprint density at radius 3 is 2.68 bits per heavy atom. The number of aromatic nitrogens is 2. The normalized spacial score (nSPS) is 15.9. The maximum absolute atomic E-state index is 6.06. The number of likely N-dealkylation sites (N-methyl/N-ethyl adjacent to an activating group) is 1. The van der Waals surface area contributed by atoms with Crippen LogP contribution in [0.2, 0.25) is 5.02 Å². The van der Waals surface area contributed by atoms with Crippen LogP contribution in [0.3, 0.4) is 0 Å². The highest BCUT2D eigenvalue weighted by Crippen LogP contribution is 2.23. The molecule has 1 N–H and O–H groups in total. The number of halogens is 1. The Balaban J connectivity index is 1.78. The minimum absolute atomic E-state index is 0.599. The van der Waals surface area contributed by atoms with Crippen molar-refractivity contribution in [2.75, 3.05) is 43.4 Å². The van der Waals surface area contributed by atoms with Crippen molar-refractivity contribution in [2.24, 2.45) is 0 Å². The molecule has 0 atom stereocenters. The van der Waals surface area contributed by atoms with E-state index in [0.717, 1.165) is 43.2 Å². The molecule has 5 nitrogen and oxygen atoms in total. The van der Waals surface area contributed by atoms with Gasteiger partial charge in [-0.1, -0.05) is 17.7 Å². The Hall–Kier alpha value is -1.85. The zero-order valence-corrected chi connectivity index (χ0v) is 13.6. The molecular formula is C16H20ClN5. The van der Waals surface area contributed by atoms with Crippen LogP contribution in [0.25, 0.3) is 0 Å². The van der Waals surface area contributed by atoms with Crippen LogP contribution in [0.15, 0.2) is 30.5 Å². The molecule has 1 aliphatic heterocycles. The quantitative estimate of drug-likeness (QED) is 0.943. The van der Waals surface area contributed by atoms with Gasteiger partial charge >= 0.3 is 0 Å². The van der Waals surface area contributed by atoms with Crippen LogP contribution in [-0.4, -0.2) is 48.1 Å². The van der Waals surface area contributed by atoms with E-state index in [1.807, 2.05) is 31.2 Å². The van der Waals surface area contributed by atoms with E-state index in [1.54, 1.807) is 6.20 Å². The number of benzene rings is 1. The Labute approximate surface area is 135 Å². The number of anilines is 3. The fraction of sp³-hybridized carbons (Fsp3) is 0.375. The van der Waals surface area contributed by atoms with Gasteiger partial charge in [0.05, 0.1) is 0 Å². The van der Waals surface area contributed by atoms with Crippen molar-refractivity contribution in [3.8, 4) is 0 Å². The SMILES string of the molecule is Cc1ccc(Cl)cc1Nc1nccc(N2CCN(C)CC2)n1. The topological polar surface area (TPSA) is 44.3 Å². The number of rotatable bonds is 3. The molecule has 0 unspecified atom stereocenters. The summed E-state index contributed by atoms with van der Waals surface area (Å²) in [5, 5.41) is 3.96. The summed E-state index contributed by atoms with van der Waals surface area (Å²) in [5.41, 5.74) is 2.04. The average molecular weight is 318 g/mol. The third kappa shape index (κ3) is 3.48. The lowest BCUT2D eigenvalue weighted by Crippen LogP contribution is -2.44. The molecule has 116 valence electrons. The van der Waals surface area contributed by atoms with Gasteiger partial charge in [-0.3, -0.25) is 0 Å². The highest BCUT2D eigenvalue weighted by molar-refractivity contribution is 6.30. The lowest BCUT2D eigenvalue weighted by atomic mass is 10.2. The highest BCUT2D eigenvalue weighted by atomic mass is 35.5. The average Bonchev–Trinajstić information content (AvgIpc) is 2.52. The summed E-state index contributed by atoms with van der Waals surface area (Å²) in [6, 6.07) is 7.71. The van der Waals surface area contributed by atoms with E-state index in [9.17, 15) is 0 Å². The molecule has 0 saturated carbocycles. The zero-order chi connectivity index (χ0) is 15.5. The third-order valence-corrected chi connectivity index (χ3v) is 4.15. The van der Waals surface area contributed by atoms with Gasteiger partial charge in [0.15, 0.2) is 0 Å². The molecule has 0 spiro atoms. The lowest BCUT2D eigenvalue weighted by Gasteiger charge is -2.33. The number of hydrogen-bond acceptors (Lipinski definition) is 5. The van der Waals surface area contributed by atoms with Gasteiger partial charge in [0.2, 0.25) is 5.95 Å². The molecule has 22 heavy (non-hydrogen) atoms. The molecule has 3 rings (SSSR count). The first-order valence-electron chi connectivity index (χ1n) is 7.41. The summed E-state index contributed by atoms with van der Waals surface area (Å²) in [5.74, 6) is 1.56. The van der Waals surface area contributed by atoms with Crippen LogP contribution in [0, 0.1) is 6.92 Å². The fourth-order valence-corrected chi connectivity index (χ4v) is 2.64. The molecule has 0 radical (unpaired) electrons. The molecule has 1 fully saturated rings. The Morgan fingerprint density at radius 1 is 1.14 bits per heavy atom. The van der Waals surface area contributed by atoms with Gasteiger partial charge < -0.3 is 15.1 Å². The van der Waals surface area contributed by atoms with Crippen molar-refractivity contribution in [1.29, 1.82) is 0 Å². The number of nitrogens with zero attached hydrogens (tertiary/aromatic N) is 4. The van der Waals surface area contributed by atoms with Crippen LogP contribution >= 0.6 is 11.6 Å². The van der Waals surface area contributed by atoms with Gasteiger partial charge in [0.1, 0.15) is 5.82 Å². The van der Waals surface area contributed by atoms with E-state index in [0.29, 0.717) is 11.0 Å². The monoisotopic (exact) mass is 317 g/mol. The highest BCUT2D eigenvalue weighted by Gasteiger charge is 2.15. The summed E-state index contributed by atoms with van der Waals surface area (Å²) in [7, 11) is 2.15. The van der Waals surface area contributed by atoms with Gasteiger partial charge in [0.25, 0.3) is 0 Å². The van der Waals surface area contributed by atoms with E-state index < -0.39 is 0 Å². The molecular weight excluding hydrogens is 298 g/mol. The van der Waals surface area contributed by atoms with E-state index in [-0.39, 0.29) is 0 Å². The number of aryl methyl sites for hydroxylation is 1.